The summed E-state index contributed by atoms with van der Waals surface area (Å²) < 4.78 is 0. The number of carbonyl (C=O) groups excluding carboxylic acids is 3. The van der Waals surface area contributed by atoms with Gasteiger partial charge in [-0.3, -0.25) is 14.9 Å². The summed E-state index contributed by atoms with van der Waals surface area (Å²) in [6.45, 7) is 3.09. The maximum atomic E-state index is 12.7. The lowest BCUT2D eigenvalue weighted by molar-refractivity contribution is -0.127. The standard InChI is InChI=1S/C21H22N4O3/c1-15(26)17-7-10-22-18(13-17)24-11-8-21(9-12-24)19(27)23-20(28)25(21)14-16-5-3-2-4-6-16/h2-7,10,13H,8-9,11-12,14H2,1H3,(H,23,27,28). The summed E-state index contributed by atoms with van der Waals surface area (Å²) in [5.74, 6) is 0.493. The molecule has 0 unspecified atom stereocenters. The largest absolute Gasteiger partial charge is 0.356 e. The minimum Gasteiger partial charge on any atom is -0.356 e. The van der Waals surface area contributed by atoms with E-state index in [1.165, 1.54) is 6.92 Å². The Hall–Kier alpha value is -3.22. The smallest absolute Gasteiger partial charge is 0.325 e. The molecule has 3 heterocycles. The average molecular weight is 378 g/mol. The molecule has 1 aromatic heterocycles. The molecule has 1 aromatic carbocycles. The molecule has 1 N–H and O–H groups in total. The first-order valence-corrected chi connectivity index (χ1v) is 9.38. The van der Waals surface area contributed by atoms with Crippen LogP contribution in [-0.2, 0) is 11.3 Å². The van der Waals surface area contributed by atoms with Crippen LogP contribution in [0.2, 0.25) is 0 Å². The second kappa shape index (κ2) is 7.07. The molecule has 7 nitrogen and oxygen atoms in total. The van der Waals surface area contributed by atoms with Crippen molar-refractivity contribution in [3.8, 4) is 0 Å². The number of hydrogen-bond donors (Lipinski definition) is 1. The molecule has 0 aliphatic carbocycles. The van der Waals surface area contributed by atoms with Gasteiger partial charge in [0.05, 0.1) is 0 Å². The van der Waals surface area contributed by atoms with Gasteiger partial charge in [0.15, 0.2) is 5.78 Å². The maximum absolute atomic E-state index is 12.7. The first kappa shape index (κ1) is 18.2. The van der Waals surface area contributed by atoms with Crippen molar-refractivity contribution in [1.29, 1.82) is 0 Å². The highest BCUT2D eigenvalue weighted by Gasteiger charge is 2.53. The topological polar surface area (TPSA) is 82.6 Å². The molecule has 0 atom stereocenters. The second-order valence-corrected chi connectivity index (χ2v) is 7.31. The number of ketones is 1. The van der Waals surface area contributed by atoms with E-state index >= 15 is 0 Å². The molecule has 1 spiro atoms. The Bertz CT molecular complexity index is 920. The summed E-state index contributed by atoms with van der Waals surface area (Å²) in [4.78, 5) is 44.9. The van der Waals surface area contributed by atoms with Crippen molar-refractivity contribution >= 4 is 23.5 Å². The Morgan fingerprint density at radius 3 is 2.54 bits per heavy atom. The molecule has 0 bridgehead atoms. The number of benzene rings is 1. The predicted octanol–water partition coefficient (Wildman–Crippen LogP) is 2.38. The van der Waals surface area contributed by atoms with Crippen molar-refractivity contribution in [3.63, 3.8) is 0 Å². The number of imide groups is 1. The molecule has 2 saturated heterocycles. The molecule has 2 aliphatic rings. The quantitative estimate of drug-likeness (QED) is 0.652. The molecule has 0 saturated carbocycles. The van der Waals surface area contributed by atoms with E-state index in [1.54, 1.807) is 23.2 Å². The highest BCUT2D eigenvalue weighted by molar-refractivity contribution is 6.07. The monoisotopic (exact) mass is 378 g/mol. The lowest BCUT2D eigenvalue weighted by Gasteiger charge is -2.42. The molecule has 3 amide bonds. The molecule has 28 heavy (non-hydrogen) atoms. The summed E-state index contributed by atoms with van der Waals surface area (Å²) in [5.41, 5.74) is 0.775. The van der Waals surface area contributed by atoms with Crippen LogP contribution in [0, 0.1) is 0 Å². The van der Waals surface area contributed by atoms with Gasteiger partial charge in [0.25, 0.3) is 5.91 Å². The average Bonchev–Trinajstić information content (AvgIpc) is 2.93. The van der Waals surface area contributed by atoms with E-state index in [9.17, 15) is 14.4 Å². The zero-order valence-electron chi connectivity index (χ0n) is 15.7. The number of carbonyl (C=O) groups is 3. The SMILES string of the molecule is CC(=O)c1ccnc(N2CCC3(CC2)C(=O)NC(=O)N3Cc2ccccc2)c1. The normalized spacial score (nSPS) is 18.5. The van der Waals surface area contributed by atoms with Gasteiger partial charge in [-0.05, 0) is 37.5 Å². The zero-order chi connectivity index (χ0) is 19.7. The molecular formula is C21H22N4O3. The fraction of sp³-hybridized carbons (Fsp3) is 0.333. The number of rotatable bonds is 4. The molecule has 7 heteroatoms. The van der Waals surface area contributed by atoms with E-state index in [2.05, 4.69) is 15.2 Å². The number of amides is 3. The van der Waals surface area contributed by atoms with Crippen molar-refractivity contribution in [2.45, 2.75) is 31.8 Å². The van der Waals surface area contributed by atoms with E-state index in [0.717, 1.165) is 11.4 Å². The lowest BCUT2D eigenvalue weighted by atomic mass is 9.85. The number of piperidine rings is 1. The van der Waals surface area contributed by atoms with Crippen LogP contribution in [-0.4, -0.2) is 46.2 Å². The fourth-order valence-electron chi connectivity index (χ4n) is 4.00. The Balaban J connectivity index is 1.54. The van der Waals surface area contributed by atoms with Crippen LogP contribution in [0.1, 0.15) is 35.7 Å². The van der Waals surface area contributed by atoms with Gasteiger partial charge in [-0.15, -0.1) is 0 Å². The summed E-state index contributed by atoms with van der Waals surface area (Å²) in [6, 6.07) is 12.8. The van der Waals surface area contributed by atoms with Crippen LogP contribution in [0.15, 0.2) is 48.7 Å². The fourth-order valence-corrected chi connectivity index (χ4v) is 4.00. The molecule has 2 aromatic rings. The number of Topliss-reactive ketones (excluding diaryl/α,β-unsaturated/α-hetero) is 1. The van der Waals surface area contributed by atoms with Gasteiger partial charge in [0.1, 0.15) is 11.4 Å². The molecule has 2 fully saturated rings. The zero-order valence-corrected chi connectivity index (χ0v) is 15.7. The van der Waals surface area contributed by atoms with Gasteiger partial charge < -0.3 is 9.80 Å². The van der Waals surface area contributed by atoms with E-state index in [-0.39, 0.29) is 17.7 Å². The predicted molar refractivity (Wildman–Crippen MR) is 104 cm³/mol. The Kier molecular flexibility index (Phi) is 4.58. The third kappa shape index (κ3) is 3.13. The van der Waals surface area contributed by atoms with Crippen molar-refractivity contribution in [1.82, 2.24) is 15.2 Å². The summed E-state index contributed by atoms with van der Waals surface area (Å²) in [7, 11) is 0. The number of nitrogens with one attached hydrogen (secondary N) is 1. The Labute approximate surface area is 163 Å². The lowest BCUT2D eigenvalue weighted by Crippen LogP contribution is -2.56. The number of aromatic nitrogens is 1. The highest BCUT2D eigenvalue weighted by Crippen LogP contribution is 2.35. The third-order valence-electron chi connectivity index (χ3n) is 5.66. The van der Waals surface area contributed by atoms with Crippen LogP contribution >= 0.6 is 0 Å². The molecular weight excluding hydrogens is 356 g/mol. The minimum absolute atomic E-state index is 0.00747. The van der Waals surface area contributed by atoms with Crippen LogP contribution < -0.4 is 10.2 Å². The Morgan fingerprint density at radius 1 is 1.14 bits per heavy atom. The molecule has 2 aliphatic heterocycles. The second-order valence-electron chi connectivity index (χ2n) is 7.31. The van der Waals surface area contributed by atoms with Crippen LogP contribution in [0.25, 0.3) is 0 Å². The molecule has 0 radical (unpaired) electrons. The van der Waals surface area contributed by atoms with Crippen molar-refractivity contribution in [2.75, 3.05) is 18.0 Å². The van der Waals surface area contributed by atoms with Crippen LogP contribution in [0.5, 0.6) is 0 Å². The van der Waals surface area contributed by atoms with Crippen molar-refractivity contribution < 1.29 is 14.4 Å². The number of nitrogens with zero attached hydrogens (tertiary/aromatic N) is 3. The number of anilines is 1. The van der Waals surface area contributed by atoms with Gasteiger partial charge in [-0.2, -0.15) is 0 Å². The van der Waals surface area contributed by atoms with Gasteiger partial charge in [0, 0.05) is 31.4 Å². The first-order valence-electron chi connectivity index (χ1n) is 9.38. The Morgan fingerprint density at radius 2 is 1.86 bits per heavy atom. The van der Waals surface area contributed by atoms with Gasteiger partial charge >= 0.3 is 6.03 Å². The van der Waals surface area contributed by atoms with Gasteiger partial charge in [-0.1, -0.05) is 30.3 Å². The first-order chi connectivity index (χ1) is 13.5. The number of urea groups is 1. The minimum atomic E-state index is -0.832. The van der Waals surface area contributed by atoms with E-state index < -0.39 is 5.54 Å². The van der Waals surface area contributed by atoms with E-state index in [1.807, 2.05) is 30.3 Å². The van der Waals surface area contributed by atoms with Crippen molar-refractivity contribution in [3.05, 3.63) is 59.8 Å². The summed E-state index contributed by atoms with van der Waals surface area (Å²) in [5, 5.41) is 2.50. The third-order valence-corrected chi connectivity index (χ3v) is 5.66. The summed E-state index contributed by atoms with van der Waals surface area (Å²) in [6.07, 6.45) is 2.66. The van der Waals surface area contributed by atoms with Gasteiger partial charge in [-0.25, -0.2) is 9.78 Å². The van der Waals surface area contributed by atoms with E-state index in [4.69, 9.17) is 0 Å². The summed E-state index contributed by atoms with van der Waals surface area (Å²) >= 11 is 0. The maximum Gasteiger partial charge on any atom is 0.325 e. The number of hydrogen-bond acceptors (Lipinski definition) is 5. The highest BCUT2D eigenvalue weighted by atomic mass is 16.2. The molecule has 4 rings (SSSR count). The van der Waals surface area contributed by atoms with Crippen LogP contribution in [0.4, 0.5) is 10.6 Å². The van der Waals surface area contributed by atoms with Crippen molar-refractivity contribution in [2.24, 2.45) is 0 Å². The van der Waals surface area contributed by atoms with Crippen LogP contribution in [0.3, 0.4) is 0 Å². The molecule has 144 valence electrons. The van der Waals surface area contributed by atoms with Gasteiger partial charge in [0.2, 0.25) is 0 Å². The number of pyridine rings is 1. The van der Waals surface area contributed by atoms with E-state index in [0.29, 0.717) is 38.0 Å².